The number of hydrogen-bond donors (Lipinski definition) is 2. The van der Waals surface area contributed by atoms with E-state index in [1.54, 1.807) is 0 Å². The van der Waals surface area contributed by atoms with Crippen LogP contribution in [0, 0.1) is 0 Å². The lowest BCUT2D eigenvalue weighted by Gasteiger charge is -2.33. The van der Waals surface area contributed by atoms with Crippen molar-refractivity contribution in [2.24, 2.45) is 0 Å². The zero-order valence-corrected chi connectivity index (χ0v) is 14.9. The summed E-state index contributed by atoms with van der Waals surface area (Å²) in [7, 11) is 0. The number of benzene rings is 2. The van der Waals surface area contributed by atoms with Gasteiger partial charge in [-0.25, -0.2) is 0 Å². The fourth-order valence-corrected chi connectivity index (χ4v) is 4.15. The van der Waals surface area contributed by atoms with E-state index in [0.29, 0.717) is 17.5 Å². The Bertz CT molecular complexity index is 852. The van der Waals surface area contributed by atoms with Gasteiger partial charge in [0.25, 0.3) is 0 Å². The number of halogens is 1. The van der Waals surface area contributed by atoms with Crippen LogP contribution in [0.25, 0.3) is 10.9 Å². The monoisotopic (exact) mass is 354 g/mol. The molecule has 1 unspecified atom stereocenters. The van der Waals surface area contributed by atoms with Gasteiger partial charge < -0.3 is 15.0 Å². The molecule has 1 fully saturated rings. The first-order valence-corrected chi connectivity index (χ1v) is 9.30. The maximum absolute atomic E-state index is 10.5. The molecule has 0 amide bonds. The van der Waals surface area contributed by atoms with Crippen LogP contribution < -0.4 is 0 Å². The molecule has 1 saturated heterocycles. The third-order valence-corrected chi connectivity index (χ3v) is 5.56. The molecule has 130 valence electrons. The topological polar surface area (TPSA) is 39.3 Å². The van der Waals surface area contributed by atoms with E-state index in [2.05, 4.69) is 34.1 Å². The molecule has 1 aliphatic heterocycles. The summed E-state index contributed by atoms with van der Waals surface area (Å²) >= 11 is 6.03. The lowest BCUT2D eigenvalue weighted by Crippen LogP contribution is -2.36. The van der Waals surface area contributed by atoms with E-state index in [-0.39, 0.29) is 0 Å². The van der Waals surface area contributed by atoms with Crippen molar-refractivity contribution in [3.63, 3.8) is 0 Å². The Balaban J connectivity index is 1.39. The number of aromatic amines is 1. The molecule has 4 heteroatoms. The Morgan fingerprint density at radius 3 is 2.72 bits per heavy atom. The molecule has 0 bridgehead atoms. The van der Waals surface area contributed by atoms with Gasteiger partial charge in [-0.3, -0.25) is 0 Å². The number of fused-ring (bicyclic) bond motifs is 1. The first-order chi connectivity index (χ1) is 12.2. The van der Waals surface area contributed by atoms with Crippen LogP contribution in [-0.2, 0) is 0 Å². The molecule has 0 spiro atoms. The minimum Gasteiger partial charge on any atom is -0.387 e. The number of β-amino-alcohol motifs (C(OH)–C–C–N with tert-alkyl or cyclic N) is 1. The van der Waals surface area contributed by atoms with Gasteiger partial charge in [-0.15, -0.1) is 0 Å². The van der Waals surface area contributed by atoms with Gasteiger partial charge in [-0.1, -0.05) is 35.9 Å². The number of piperidine rings is 1. The summed E-state index contributed by atoms with van der Waals surface area (Å²) in [6.45, 7) is 2.70. The second-order valence-electron chi connectivity index (χ2n) is 6.93. The molecule has 4 rings (SSSR count). The Labute approximate surface area is 153 Å². The lowest BCUT2D eigenvalue weighted by molar-refractivity contribution is 0.0974. The zero-order chi connectivity index (χ0) is 17.2. The predicted molar refractivity (Wildman–Crippen MR) is 103 cm³/mol. The van der Waals surface area contributed by atoms with Gasteiger partial charge in [0.1, 0.15) is 0 Å². The largest absolute Gasteiger partial charge is 0.387 e. The van der Waals surface area contributed by atoms with Crippen LogP contribution in [0.1, 0.15) is 36.0 Å². The number of likely N-dealkylation sites (tertiary alicyclic amines) is 1. The molecule has 2 heterocycles. The molecule has 1 aliphatic rings. The minimum absolute atomic E-state index is 0.483. The molecule has 1 atom stereocenters. The summed E-state index contributed by atoms with van der Waals surface area (Å²) in [6, 6.07) is 16.2. The van der Waals surface area contributed by atoms with Gasteiger partial charge in [-0.05, 0) is 67.2 Å². The van der Waals surface area contributed by atoms with Gasteiger partial charge in [0.2, 0.25) is 0 Å². The summed E-state index contributed by atoms with van der Waals surface area (Å²) in [5.74, 6) is 0.596. The third-order valence-electron chi connectivity index (χ3n) is 5.32. The van der Waals surface area contributed by atoms with E-state index in [1.807, 2.05) is 30.5 Å². The summed E-state index contributed by atoms with van der Waals surface area (Å²) < 4.78 is 0. The maximum Gasteiger partial charge on any atom is 0.0917 e. The third kappa shape index (κ3) is 3.59. The van der Waals surface area contributed by atoms with Crippen molar-refractivity contribution in [3.8, 4) is 0 Å². The van der Waals surface area contributed by atoms with Crippen LogP contribution in [0.5, 0.6) is 0 Å². The lowest BCUT2D eigenvalue weighted by atomic mass is 9.87. The average Bonchev–Trinajstić information content (AvgIpc) is 3.11. The summed E-state index contributed by atoms with van der Waals surface area (Å²) in [5, 5.41) is 12.5. The normalized spacial score (nSPS) is 17.8. The van der Waals surface area contributed by atoms with Crippen LogP contribution in [0.3, 0.4) is 0 Å². The number of H-pyrrole nitrogens is 1. The molecule has 2 aromatic carbocycles. The minimum atomic E-state index is -0.483. The summed E-state index contributed by atoms with van der Waals surface area (Å²) in [6.07, 6.45) is 3.80. The molecule has 3 nitrogen and oxygen atoms in total. The average molecular weight is 355 g/mol. The van der Waals surface area contributed by atoms with Gasteiger partial charge in [0.15, 0.2) is 0 Å². The Kier molecular flexibility index (Phi) is 4.80. The molecule has 0 radical (unpaired) electrons. The van der Waals surface area contributed by atoms with Gasteiger partial charge in [-0.2, -0.15) is 0 Å². The smallest absolute Gasteiger partial charge is 0.0917 e. The number of nitrogens with zero attached hydrogens (tertiary/aromatic N) is 1. The zero-order valence-electron chi connectivity index (χ0n) is 14.2. The number of aromatic nitrogens is 1. The Morgan fingerprint density at radius 1 is 1.12 bits per heavy atom. The van der Waals surface area contributed by atoms with Crippen LogP contribution >= 0.6 is 11.6 Å². The van der Waals surface area contributed by atoms with Crippen molar-refractivity contribution >= 4 is 22.5 Å². The molecule has 2 N–H and O–H groups in total. The number of hydrogen-bond acceptors (Lipinski definition) is 2. The standard InChI is InChI=1S/C21H23ClN2O/c22-17-4-1-3-16(13-17)21(25)14-24-11-8-15(9-12-24)18-5-2-6-20-19(18)7-10-23-20/h1-7,10,13,15,21,23,25H,8-9,11-12,14H2. The van der Waals surface area contributed by atoms with Crippen molar-refractivity contribution in [2.75, 3.05) is 19.6 Å². The quantitative estimate of drug-likeness (QED) is 0.710. The second kappa shape index (κ2) is 7.20. The number of rotatable bonds is 4. The van der Waals surface area contributed by atoms with Crippen LogP contribution in [0.15, 0.2) is 54.7 Å². The van der Waals surface area contributed by atoms with Crippen molar-refractivity contribution in [1.82, 2.24) is 9.88 Å². The fourth-order valence-electron chi connectivity index (χ4n) is 3.96. The SMILES string of the molecule is OC(CN1CCC(c2cccc3[nH]ccc23)CC1)c1cccc(Cl)c1. The number of aliphatic hydroxyl groups is 1. The van der Waals surface area contributed by atoms with E-state index >= 15 is 0 Å². The van der Waals surface area contributed by atoms with Crippen molar-refractivity contribution in [1.29, 1.82) is 0 Å². The highest BCUT2D eigenvalue weighted by atomic mass is 35.5. The van der Waals surface area contributed by atoms with E-state index in [4.69, 9.17) is 11.6 Å². The van der Waals surface area contributed by atoms with Crippen LogP contribution in [0.2, 0.25) is 5.02 Å². The maximum atomic E-state index is 10.5. The van der Waals surface area contributed by atoms with Crippen molar-refractivity contribution < 1.29 is 5.11 Å². The molecule has 25 heavy (non-hydrogen) atoms. The Morgan fingerprint density at radius 2 is 1.92 bits per heavy atom. The first-order valence-electron chi connectivity index (χ1n) is 8.92. The van der Waals surface area contributed by atoms with Crippen molar-refractivity contribution in [2.45, 2.75) is 24.9 Å². The van der Waals surface area contributed by atoms with E-state index in [9.17, 15) is 5.11 Å². The van der Waals surface area contributed by atoms with Gasteiger partial charge in [0, 0.05) is 28.7 Å². The summed E-state index contributed by atoms with van der Waals surface area (Å²) in [4.78, 5) is 5.66. The molecular weight excluding hydrogens is 332 g/mol. The molecule has 1 aromatic heterocycles. The predicted octanol–water partition coefficient (Wildman–Crippen LogP) is 4.73. The van der Waals surface area contributed by atoms with E-state index in [0.717, 1.165) is 31.5 Å². The highest BCUT2D eigenvalue weighted by molar-refractivity contribution is 6.30. The molecule has 0 saturated carbocycles. The van der Waals surface area contributed by atoms with E-state index < -0.39 is 6.10 Å². The van der Waals surface area contributed by atoms with Crippen molar-refractivity contribution in [3.05, 3.63) is 70.9 Å². The molecular formula is C21H23ClN2O. The second-order valence-corrected chi connectivity index (χ2v) is 7.37. The van der Waals surface area contributed by atoms with Gasteiger partial charge >= 0.3 is 0 Å². The number of nitrogens with one attached hydrogen (secondary N) is 1. The first kappa shape index (κ1) is 16.6. The molecule has 3 aromatic rings. The number of aliphatic hydroxyl groups excluding tert-OH is 1. The van der Waals surface area contributed by atoms with Crippen LogP contribution in [-0.4, -0.2) is 34.6 Å². The van der Waals surface area contributed by atoms with Gasteiger partial charge in [0.05, 0.1) is 6.10 Å². The molecule has 0 aliphatic carbocycles. The Hall–Kier alpha value is -1.81. The fraction of sp³-hybridized carbons (Fsp3) is 0.333. The highest BCUT2D eigenvalue weighted by Crippen LogP contribution is 2.33. The van der Waals surface area contributed by atoms with E-state index in [1.165, 1.54) is 16.5 Å². The van der Waals surface area contributed by atoms with Crippen LogP contribution in [0.4, 0.5) is 0 Å². The highest BCUT2D eigenvalue weighted by Gasteiger charge is 2.23. The summed E-state index contributed by atoms with van der Waals surface area (Å²) in [5.41, 5.74) is 3.57.